The Morgan fingerprint density at radius 1 is 1.29 bits per heavy atom. The van der Waals surface area contributed by atoms with Crippen molar-refractivity contribution in [2.24, 2.45) is 7.05 Å². The van der Waals surface area contributed by atoms with Crippen LogP contribution in [0.15, 0.2) is 24.3 Å². The van der Waals surface area contributed by atoms with E-state index in [1.807, 2.05) is 7.05 Å². The maximum Gasteiger partial charge on any atom is 0.201 e. The van der Waals surface area contributed by atoms with Crippen LogP contribution in [0.5, 0.6) is 0 Å². The predicted octanol–water partition coefficient (Wildman–Crippen LogP) is 2.58. The standard InChI is InChI=1S/C12H13ClFN3/c1-17-10(11(13)16-12(17)15)7-4-8-2-5-9(14)6-3-8/h2-3,5-6H,4,7H2,1H3,(H2,15,16). The summed E-state index contributed by atoms with van der Waals surface area (Å²) in [7, 11) is 1.83. The Morgan fingerprint density at radius 2 is 1.94 bits per heavy atom. The highest BCUT2D eigenvalue weighted by Crippen LogP contribution is 2.19. The van der Waals surface area contributed by atoms with Crippen molar-refractivity contribution in [2.45, 2.75) is 12.8 Å². The minimum atomic E-state index is -0.225. The molecule has 2 N–H and O–H groups in total. The smallest absolute Gasteiger partial charge is 0.201 e. The quantitative estimate of drug-likeness (QED) is 0.914. The second kappa shape index (κ2) is 4.75. The number of benzene rings is 1. The third-order valence-electron chi connectivity index (χ3n) is 2.76. The Hall–Kier alpha value is -1.55. The minimum absolute atomic E-state index is 0.225. The number of nitrogen functional groups attached to an aromatic ring is 1. The number of anilines is 1. The van der Waals surface area contributed by atoms with Crippen LogP contribution in [0.25, 0.3) is 0 Å². The van der Waals surface area contributed by atoms with E-state index in [0.29, 0.717) is 11.1 Å². The van der Waals surface area contributed by atoms with Crippen LogP contribution in [-0.4, -0.2) is 9.55 Å². The molecule has 90 valence electrons. The molecule has 0 unspecified atom stereocenters. The van der Waals surface area contributed by atoms with E-state index in [9.17, 15) is 4.39 Å². The Labute approximate surface area is 104 Å². The van der Waals surface area contributed by atoms with Crippen LogP contribution in [0, 0.1) is 5.82 Å². The average molecular weight is 254 g/mol. The number of nitrogens with two attached hydrogens (primary N) is 1. The van der Waals surface area contributed by atoms with Crippen molar-refractivity contribution in [3.8, 4) is 0 Å². The van der Waals surface area contributed by atoms with Crippen LogP contribution < -0.4 is 5.73 Å². The first-order valence-corrected chi connectivity index (χ1v) is 5.66. The zero-order chi connectivity index (χ0) is 12.4. The van der Waals surface area contributed by atoms with Gasteiger partial charge in [0.15, 0.2) is 5.15 Å². The van der Waals surface area contributed by atoms with Gasteiger partial charge in [0, 0.05) is 7.05 Å². The molecule has 1 heterocycles. The molecular weight excluding hydrogens is 241 g/mol. The number of hydrogen-bond acceptors (Lipinski definition) is 2. The molecule has 2 aromatic rings. The third-order valence-corrected chi connectivity index (χ3v) is 3.07. The second-order valence-electron chi connectivity index (χ2n) is 3.89. The normalized spacial score (nSPS) is 10.8. The van der Waals surface area contributed by atoms with Crippen LogP contribution in [0.1, 0.15) is 11.3 Å². The lowest BCUT2D eigenvalue weighted by molar-refractivity contribution is 0.627. The minimum Gasteiger partial charge on any atom is -0.369 e. The molecule has 0 saturated carbocycles. The van der Waals surface area contributed by atoms with Crippen LogP contribution in [0.4, 0.5) is 10.3 Å². The van der Waals surface area contributed by atoms with Gasteiger partial charge in [0.2, 0.25) is 5.95 Å². The number of rotatable bonds is 3. The highest BCUT2D eigenvalue weighted by atomic mass is 35.5. The summed E-state index contributed by atoms with van der Waals surface area (Å²) in [4.78, 5) is 3.98. The summed E-state index contributed by atoms with van der Waals surface area (Å²) < 4.78 is 14.5. The van der Waals surface area contributed by atoms with Gasteiger partial charge in [0.1, 0.15) is 5.82 Å². The molecule has 0 amide bonds. The highest BCUT2D eigenvalue weighted by Gasteiger charge is 2.10. The molecule has 0 saturated heterocycles. The second-order valence-corrected chi connectivity index (χ2v) is 4.25. The number of imidazole rings is 1. The Morgan fingerprint density at radius 3 is 2.47 bits per heavy atom. The van der Waals surface area contributed by atoms with Gasteiger partial charge in [-0.2, -0.15) is 0 Å². The van der Waals surface area contributed by atoms with Gasteiger partial charge in [-0.15, -0.1) is 0 Å². The Kier molecular flexibility index (Phi) is 3.33. The van der Waals surface area contributed by atoms with E-state index < -0.39 is 0 Å². The summed E-state index contributed by atoms with van der Waals surface area (Å²) in [6, 6.07) is 6.44. The number of aryl methyl sites for hydroxylation is 1. The van der Waals surface area contributed by atoms with Crippen LogP contribution >= 0.6 is 11.6 Å². The van der Waals surface area contributed by atoms with E-state index in [1.54, 1.807) is 16.7 Å². The zero-order valence-corrected chi connectivity index (χ0v) is 10.2. The zero-order valence-electron chi connectivity index (χ0n) is 9.45. The molecule has 17 heavy (non-hydrogen) atoms. The van der Waals surface area contributed by atoms with Gasteiger partial charge in [-0.25, -0.2) is 9.37 Å². The summed E-state index contributed by atoms with van der Waals surface area (Å²) >= 11 is 5.97. The molecule has 0 fully saturated rings. The molecule has 0 aliphatic carbocycles. The lowest BCUT2D eigenvalue weighted by Crippen LogP contribution is -2.03. The summed E-state index contributed by atoms with van der Waals surface area (Å²) in [6.45, 7) is 0. The fourth-order valence-corrected chi connectivity index (χ4v) is 2.01. The third kappa shape index (κ3) is 2.58. The van der Waals surface area contributed by atoms with Crippen LogP contribution in [0.2, 0.25) is 5.15 Å². The van der Waals surface area contributed by atoms with E-state index in [1.165, 1.54) is 12.1 Å². The van der Waals surface area contributed by atoms with Crippen molar-refractivity contribution < 1.29 is 4.39 Å². The SMILES string of the molecule is Cn1c(N)nc(Cl)c1CCc1ccc(F)cc1. The van der Waals surface area contributed by atoms with E-state index >= 15 is 0 Å². The molecule has 0 aliphatic heterocycles. The van der Waals surface area contributed by atoms with E-state index in [2.05, 4.69) is 4.98 Å². The van der Waals surface area contributed by atoms with Crippen molar-refractivity contribution in [3.05, 3.63) is 46.5 Å². The van der Waals surface area contributed by atoms with Crippen molar-refractivity contribution in [1.82, 2.24) is 9.55 Å². The van der Waals surface area contributed by atoms with Gasteiger partial charge < -0.3 is 10.3 Å². The van der Waals surface area contributed by atoms with Crippen LogP contribution in [-0.2, 0) is 19.9 Å². The molecular formula is C12H13ClFN3. The predicted molar refractivity (Wildman–Crippen MR) is 66.4 cm³/mol. The van der Waals surface area contributed by atoms with Gasteiger partial charge in [0.05, 0.1) is 5.69 Å². The highest BCUT2D eigenvalue weighted by molar-refractivity contribution is 6.30. The summed E-state index contributed by atoms with van der Waals surface area (Å²) in [5.74, 6) is 0.181. The molecule has 0 atom stereocenters. The molecule has 2 rings (SSSR count). The van der Waals surface area contributed by atoms with E-state index in [0.717, 1.165) is 24.1 Å². The van der Waals surface area contributed by atoms with Crippen molar-refractivity contribution in [2.75, 3.05) is 5.73 Å². The molecule has 0 radical (unpaired) electrons. The fourth-order valence-electron chi connectivity index (χ4n) is 1.70. The molecule has 0 aliphatic rings. The van der Waals surface area contributed by atoms with Gasteiger partial charge in [-0.1, -0.05) is 23.7 Å². The lowest BCUT2D eigenvalue weighted by Gasteiger charge is -2.04. The lowest BCUT2D eigenvalue weighted by atomic mass is 10.1. The molecule has 3 nitrogen and oxygen atoms in total. The molecule has 0 spiro atoms. The first-order chi connectivity index (χ1) is 8.08. The van der Waals surface area contributed by atoms with E-state index in [-0.39, 0.29) is 5.82 Å². The van der Waals surface area contributed by atoms with Gasteiger partial charge in [-0.05, 0) is 30.5 Å². The van der Waals surface area contributed by atoms with Crippen molar-refractivity contribution in [1.29, 1.82) is 0 Å². The number of hydrogen-bond donors (Lipinski definition) is 1. The Bertz CT molecular complexity index is 519. The number of nitrogens with zero attached hydrogens (tertiary/aromatic N) is 2. The fraction of sp³-hybridized carbons (Fsp3) is 0.250. The maximum absolute atomic E-state index is 12.7. The summed E-state index contributed by atoms with van der Waals surface area (Å²) in [5, 5.41) is 0.437. The first-order valence-electron chi connectivity index (χ1n) is 5.29. The Balaban J connectivity index is 2.09. The monoisotopic (exact) mass is 253 g/mol. The van der Waals surface area contributed by atoms with Gasteiger partial charge in [0.25, 0.3) is 0 Å². The topological polar surface area (TPSA) is 43.8 Å². The van der Waals surface area contributed by atoms with Crippen molar-refractivity contribution in [3.63, 3.8) is 0 Å². The van der Waals surface area contributed by atoms with Crippen LogP contribution in [0.3, 0.4) is 0 Å². The molecule has 5 heteroatoms. The maximum atomic E-state index is 12.7. The average Bonchev–Trinajstić information content (AvgIpc) is 2.54. The van der Waals surface area contributed by atoms with Crippen molar-refractivity contribution >= 4 is 17.5 Å². The van der Waals surface area contributed by atoms with E-state index in [4.69, 9.17) is 17.3 Å². The molecule has 1 aromatic heterocycles. The van der Waals surface area contributed by atoms with Gasteiger partial charge >= 0.3 is 0 Å². The van der Waals surface area contributed by atoms with Gasteiger partial charge in [-0.3, -0.25) is 0 Å². The molecule has 1 aromatic carbocycles. The molecule has 0 bridgehead atoms. The largest absolute Gasteiger partial charge is 0.369 e. The first kappa shape index (κ1) is 11.9. The number of aromatic nitrogens is 2. The number of halogens is 2. The summed E-state index contributed by atoms with van der Waals surface area (Å²) in [6.07, 6.45) is 1.50. The summed E-state index contributed by atoms with van der Waals surface area (Å²) in [5.41, 5.74) is 7.60.